The van der Waals surface area contributed by atoms with Crippen molar-refractivity contribution in [2.75, 3.05) is 0 Å². The molecule has 1 aromatic rings. The molecule has 4 heteroatoms. The van der Waals surface area contributed by atoms with E-state index in [2.05, 4.69) is 12.6 Å². The average Bonchev–Trinajstić information content (AvgIpc) is 2.16. The first-order chi connectivity index (χ1) is 7.61. The third-order valence-corrected chi connectivity index (χ3v) is 3.54. The highest BCUT2D eigenvalue weighted by Crippen LogP contribution is 2.48. The standard InChI is InChI=1S/C12H12O3S/c13-11(14)10-8(6-9(10)12(15)16)7-4-2-1-3-5-7/h1-5,8-10H,6H2,(H,13,14)(H,15,16). The zero-order chi connectivity index (χ0) is 11.7. The van der Waals surface area contributed by atoms with Gasteiger partial charge in [-0.05, 0) is 17.9 Å². The fraction of sp³-hybridized carbons (Fsp3) is 0.333. The van der Waals surface area contributed by atoms with E-state index in [4.69, 9.17) is 5.11 Å². The van der Waals surface area contributed by atoms with E-state index in [1.165, 1.54) is 0 Å². The highest BCUT2D eigenvalue weighted by Gasteiger charge is 2.49. The molecule has 1 aliphatic rings. The number of rotatable bonds is 3. The smallest absolute Gasteiger partial charge is 0.307 e. The molecule has 1 saturated carbocycles. The Bertz CT molecular complexity index is 416. The maximum Gasteiger partial charge on any atom is 0.307 e. The third-order valence-electron chi connectivity index (χ3n) is 3.20. The summed E-state index contributed by atoms with van der Waals surface area (Å²) in [5.74, 6) is -2.02. The zero-order valence-corrected chi connectivity index (χ0v) is 9.43. The molecular weight excluding hydrogens is 224 g/mol. The zero-order valence-electron chi connectivity index (χ0n) is 8.54. The van der Waals surface area contributed by atoms with Crippen molar-refractivity contribution < 1.29 is 14.7 Å². The first kappa shape index (κ1) is 11.2. The van der Waals surface area contributed by atoms with Crippen LogP contribution in [0.4, 0.5) is 0 Å². The van der Waals surface area contributed by atoms with Crippen LogP contribution in [0.25, 0.3) is 0 Å². The fourth-order valence-electron chi connectivity index (χ4n) is 2.29. The molecule has 0 bridgehead atoms. The van der Waals surface area contributed by atoms with Crippen LogP contribution in [0.1, 0.15) is 17.9 Å². The lowest BCUT2D eigenvalue weighted by atomic mass is 9.62. The summed E-state index contributed by atoms with van der Waals surface area (Å²) in [5, 5.41) is 8.78. The van der Waals surface area contributed by atoms with E-state index >= 15 is 0 Å². The first-order valence-electron chi connectivity index (χ1n) is 5.12. The monoisotopic (exact) mass is 236 g/mol. The van der Waals surface area contributed by atoms with Crippen molar-refractivity contribution in [3.63, 3.8) is 0 Å². The molecule has 0 aliphatic heterocycles. The SMILES string of the molecule is O=C(S)C1CC(c2ccccc2)C1C(=O)O. The van der Waals surface area contributed by atoms with Gasteiger partial charge < -0.3 is 5.11 Å². The van der Waals surface area contributed by atoms with Crippen LogP contribution < -0.4 is 0 Å². The summed E-state index contributed by atoms with van der Waals surface area (Å²) in [7, 11) is 0. The Labute approximate surface area is 98.9 Å². The van der Waals surface area contributed by atoms with Gasteiger partial charge in [0.25, 0.3) is 0 Å². The number of aliphatic carboxylic acids is 1. The summed E-state index contributed by atoms with van der Waals surface area (Å²) in [5.41, 5.74) is 0.987. The number of carboxylic acid groups (broad SMARTS) is 1. The highest BCUT2D eigenvalue weighted by molar-refractivity contribution is 7.96. The third kappa shape index (κ3) is 1.85. The van der Waals surface area contributed by atoms with Gasteiger partial charge in [-0.2, -0.15) is 0 Å². The molecule has 3 nitrogen and oxygen atoms in total. The molecule has 16 heavy (non-hydrogen) atoms. The molecule has 1 aliphatic carbocycles. The molecule has 0 aromatic heterocycles. The molecular formula is C12H12O3S. The van der Waals surface area contributed by atoms with Crippen molar-refractivity contribution in [3.8, 4) is 0 Å². The number of carboxylic acids is 1. The topological polar surface area (TPSA) is 54.4 Å². The van der Waals surface area contributed by atoms with Crippen molar-refractivity contribution in [2.45, 2.75) is 12.3 Å². The number of hydrogen-bond donors (Lipinski definition) is 2. The lowest BCUT2D eigenvalue weighted by molar-refractivity contribution is -0.152. The molecule has 3 atom stereocenters. The summed E-state index contributed by atoms with van der Waals surface area (Å²) >= 11 is 3.73. The lowest BCUT2D eigenvalue weighted by Crippen LogP contribution is -2.43. The lowest BCUT2D eigenvalue weighted by Gasteiger charge is -2.40. The summed E-state index contributed by atoms with van der Waals surface area (Å²) in [4.78, 5) is 22.2. The number of hydrogen-bond acceptors (Lipinski definition) is 2. The second-order valence-electron chi connectivity index (χ2n) is 4.06. The summed E-state index contributed by atoms with van der Waals surface area (Å²) in [6.07, 6.45) is 0.587. The van der Waals surface area contributed by atoms with Gasteiger partial charge in [-0.3, -0.25) is 9.59 Å². The Hall–Kier alpha value is -1.29. The van der Waals surface area contributed by atoms with E-state index in [9.17, 15) is 9.59 Å². The van der Waals surface area contributed by atoms with Gasteiger partial charge in [0.15, 0.2) is 5.12 Å². The molecule has 1 N–H and O–H groups in total. The van der Waals surface area contributed by atoms with Crippen LogP contribution in [-0.2, 0) is 9.59 Å². The number of thiol groups is 1. The second-order valence-corrected chi connectivity index (χ2v) is 4.50. The molecule has 0 amide bonds. The van der Waals surface area contributed by atoms with Crippen LogP contribution in [-0.4, -0.2) is 16.2 Å². The summed E-state index contributed by atoms with van der Waals surface area (Å²) < 4.78 is 0. The van der Waals surface area contributed by atoms with Gasteiger partial charge in [-0.25, -0.2) is 0 Å². The molecule has 0 heterocycles. The number of carbonyl (C=O) groups is 2. The Morgan fingerprint density at radius 3 is 2.38 bits per heavy atom. The maximum atomic E-state index is 11.1. The fourth-order valence-corrected chi connectivity index (χ4v) is 2.56. The maximum absolute atomic E-state index is 11.1. The van der Waals surface area contributed by atoms with Gasteiger partial charge in [0.05, 0.1) is 5.92 Å². The van der Waals surface area contributed by atoms with Crippen LogP contribution in [0.5, 0.6) is 0 Å². The molecule has 3 unspecified atom stereocenters. The minimum atomic E-state index is -0.910. The van der Waals surface area contributed by atoms with Crippen LogP contribution in [0, 0.1) is 11.8 Å². The van der Waals surface area contributed by atoms with E-state index < -0.39 is 17.8 Å². The van der Waals surface area contributed by atoms with Crippen LogP contribution in [0.3, 0.4) is 0 Å². The summed E-state index contributed by atoms with van der Waals surface area (Å²) in [6, 6.07) is 9.45. The van der Waals surface area contributed by atoms with Crippen molar-refractivity contribution in [2.24, 2.45) is 11.8 Å². The van der Waals surface area contributed by atoms with Gasteiger partial charge >= 0.3 is 5.97 Å². The minimum Gasteiger partial charge on any atom is -0.481 e. The van der Waals surface area contributed by atoms with Crippen molar-refractivity contribution in [1.82, 2.24) is 0 Å². The van der Waals surface area contributed by atoms with Gasteiger partial charge in [0.2, 0.25) is 0 Å². The Morgan fingerprint density at radius 1 is 1.25 bits per heavy atom. The van der Waals surface area contributed by atoms with Gasteiger partial charge in [-0.15, -0.1) is 12.6 Å². The molecule has 0 saturated heterocycles. The van der Waals surface area contributed by atoms with E-state index in [1.54, 1.807) is 0 Å². The summed E-state index contributed by atoms with van der Waals surface area (Å²) in [6.45, 7) is 0. The molecule has 1 aromatic carbocycles. The molecule has 0 spiro atoms. The van der Waals surface area contributed by atoms with Crippen molar-refractivity contribution in [3.05, 3.63) is 35.9 Å². The van der Waals surface area contributed by atoms with Gasteiger partial charge in [0, 0.05) is 5.92 Å². The van der Waals surface area contributed by atoms with Crippen molar-refractivity contribution >= 4 is 23.7 Å². The molecule has 2 rings (SSSR count). The van der Waals surface area contributed by atoms with Crippen LogP contribution in [0.15, 0.2) is 30.3 Å². The largest absolute Gasteiger partial charge is 0.481 e. The molecule has 84 valence electrons. The van der Waals surface area contributed by atoms with Crippen LogP contribution >= 0.6 is 12.6 Å². The Morgan fingerprint density at radius 2 is 1.88 bits per heavy atom. The number of benzene rings is 1. The minimum absolute atomic E-state index is 0.0557. The highest BCUT2D eigenvalue weighted by atomic mass is 32.1. The van der Waals surface area contributed by atoms with Crippen LogP contribution in [0.2, 0.25) is 0 Å². The quantitative estimate of drug-likeness (QED) is 0.789. The van der Waals surface area contributed by atoms with E-state index in [1.807, 2.05) is 30.3 Å². The normalized spacial score (nSPS) is 28.2. The van der Waals surface area contributed by atoms with E-state index in [0.717, 1.165) is 5.56 Å². The Kier molecular flexibility index (Phi) is 3.01. The van der Waals surface area contributed by atoms with E-state index in [0.29, 0.717) is 6.42 Å². The van der Waals surface area contributed by atoms with Gasteiger partial charge in [0.1, 0.15) is 0 Å². The average molecular weight is 236 g/mol. The molecule has 1 fully saturated rings. The predicted octanol–water partition coefficient (Wildman–Crippen LogP) is 1.95. The molecule has 0 radical (unpaired) electrons. The van der Waals surface area contributed by atoms with Crippen molar-refractivity contribution in [1.29, 1.82) is 0 Å². The van der Waals surface area contributed by atoms with E-state index in [-0.39, 0.29) is 11.0 Å². The number of carbonyl (C=O) groups excluding carboxylic acids is 1. The van der Waals surface area contributed by atoms with Gasteiger partial charge in [-0.1, -0.05) is 30.3 Å². The Balaban J connectivity index is 2.20. The second kappa shape index (κ2) is 4.29. The first-order valence-corrected chi connectivity index (χ1v) is 5.56. The predicted molar refractivity (Wildman–Crippen MR) is 62.4 cm³/mol.